The van der Waals surface area contributed by atoms with Gasteiger partial charge < -0.3 is 20.1 Å². The Morgan fingerprint density at radius 2 is 1.97 bits per heavy atom. The van der Waals surface area contributed by atoms with Gasteiger partial charge in [-0.2, -0.15) is 0 Å². The molecule has 8 heteroatoms. The number of hydrogen-bond acceptors (Lipinski definition) is 6. The number of methoxy groups -OCH3 is 1. The summed E-state index contributed by atoms with van der Waals surface area (Å²) in [7, 11) is 1.58. The summed E-state index contributed by atoms with van der Waals surface area (Å²) in [5.74, 6) is -0.447. The lowest BCUT2D eigenvalue weighted by Gasteiger charge is -2.24. The number of rotatable bonds is 6. The lowest BCUT2D eigenvalue weighted by atomic mass is 10.1. The van der Waals surface area contributed by atoms with Crippen LogP contribution in [0.2, 0.25) is 0 Å². The number of amides is 2. The smallest absolute Gasteiger partial charge is 0.255 e. The van der Waals surface area contributed by atoms with E-state index in [1.165, 1.54) is 0 Å². The highest BCUT2D eigenvalue weighted by Gasteiger charge is 2.40. The molecule has 0 aliphatic carbocycles. The molecule has 2 aromatic carbocycles. The Labute approximate surface area is 197 Å². The van der Waals surface area contributed by atoms with Crippen molar-refractivity contribution < 1.29 is 19.4 Å². The number of ether oxygens (including phenoxy) is 1. The molecule has 0 radical (unpaired) electrons. The Bertz CT molecular complexity index is 1160. The molecular formula is C25H27N3O4S. The van der Waals surface area contributed by atoms with Crippen molar-refractivity contribution in [2.24, 2.45) is 0 Å². The maximum Gasteiger partial charge on any atom is 0.255 e. The number of phenolic OH excluding ortho intramolecular Hbond substituents is 1. The van der Waals surface area contributed by atoms with Crippen molar-refractivity contribution in [3.8, 4) is 16.2 Å². The zero-order valence-electron chi connectivity index (χ0n) is 18.9. The fourth-order valence-corrected chi connectivity index (χ4v) is 4.92. The van der Waals surface area contributed by atoms with E-state index >= 15 is 0 Å². The van der Waals surface area contributed by atoms with E-state index < -0.39 is 6.04 Å². The van der Waals surface area contributed by atoms with Gasteiger partial charge in [-0.25, -0.2) is 4.98 Å². The Balaban J connectivity index is 1.45. The predicted molar refractivity (Wildman–Crippen MR) is 127 cm³/mol. The molecule has 1 aliphatic heterocycles. The predicted octanol–water partition coefficient (Wildman–Crippen LogP) is 3.68. The van der Waals surface area contributed by atoms with Crippen LogP contribution >= 0.6 is 11.3 Å². The van der Waals surface area contributed by atoms with Gasteiger partial charge in [0, 0.05) is 37.7 Å². The Kier molecular flexibility index (Phi) is 6.76. The van der Waals surface area contributed by atoms with Crippen molar-refractivity contribution in [1.82, 2.24) is 15.2 Å². The van der Waals surface area contributed by atoms with Crippen LogP contribution in [0.3, 0.4) is 0 Å². The largest absolute Gasteiger partial charge is 0.508 e. The van der Waals surface area contributed by atoms with Gasteiger partial charge in [-0.3, -0.25) is 9.59 Å². The molecule has 0 saturated carbocycles. The molecule has 7 nitrogen and oxygen atoms in total. The fraction of sp³-hybridized carbons (Fsp3) is 0.320. The van der Waals surface area contributed by atoms with E-state index in [1.807, 2.05) is 36.7 Å². The molecule has 4 rings (SSSR count). The van der Waals surface area contributed by atoms with E-state index in [4.69, 9.17) is 4.74 Å². The zero-order valence-corrected chi connectivity index (χ0v) is 19.7. The van der Waals surface area contributed by atoms with E-state index in [-0.39, 0.29) is 23.7 Å². The number of aryl methyl sites for hydroxylation is 1. The van der Waals surface area contributed by atoms with Crippen LogP contribution in [0.4, 0.5) is 0 Å². The molecule has 0 unspecified atom stereocenters. The minimum atomic E-state index is -0.636. The summed E-state index contributed by atoms with van der Waals surface area (Å²) >= 11 is 1.60. The zero-order chi connectivity index (χ0) is 23.5. The van der Waals surface area contributed by atoms with Gasteiger partial charge in [0.2, 0.25) is 5.91 Å². The first-order valence-corrected chi connectivity index (χ1v) is 11.7. The number of benzene rings is 2. The molecule has 1 aliphatic rings. The maximum absolute atomic E-state index is 13.2. The molecule has 33 heavy (non-hydrogen) atoms. The number of aromatic hydroxyl groups is 1. The highest BCUT2D eigenvalue weighted by atomic mass is 32.1. The number of thiazole rings is 1. The molecule has 2 N–H and O–H groups in total. The number of nitrogens with one attached hydrogen (secondary N) is 1. The molecule has 0 spiro atoms. The molecule has 1 fully saturated rings. The van der Waals surface area contributed by atoms with Crippen molar-refractivity contribution in [2.45, 2.75) is 39.0 Å². The lowest BCUT2D eigenvalue weighted by molar-refractivity contribution is -0.125. The first kappa shape index (κ1) is 22.9. The van der Waals surface area contributed by atoms with Gasteiger partial charge in [-0.05, 0) is 37.1 Å². The average Bonchev–Trinajstić information content (AvgIpc) is 3.45. The second-order valence-corrected chi connectivity index (χ2v) is 9.05. The quantitative estimate of drug-likeness (QED) is 0.580. The third-order valence-corrected chi connectivity index (χ3v) is 7.10. The normalized spacial score (nSPS) is 17.8. The topological polar surface area (TPSA) is 91.8 Å². The van der Waals surface area contributed by atoms with Gasteiger partial charge in [0.05, 0.1) is 22.2 Å². The first-order chi connectivity index (χ1) is 15.9. The van der Waals surface area contributed by atoms with Crippen LogP contribution in [0, 0.1) is 13.8 Å². The third kappa shape index (κ3) is 4.77. The second-order valence-electron chi connectivity index (χ2n) is 8.20. The van der Waals surface area contributed by atoms with Crippen LogP contribution in [0.5, 0.6) is 5.75 Å². The number of nitrogens with zero attached hydrogens (tertiary/aromatic N) is 2. The van der Waals surface area contributed by atoms with Gasteiger partial charge in [-0.1, -0.05) is 30.3 Å². The Morgan fingerprint density at radius 1 is 1.21 bits per heavy atom. The van der Waals surface area contributed by atoms with Crippen LogP contribution in [-0.4, -0.2) is 52.6 Å². The summed E-state index contributed by atoms with van der Waals surface area (Å²) in [6.07, 6.45) is 0.208. The standard InChI is InChI=1S/C25H27N3O4S/c1-15-20(5-4-6-22(15)29)25(31)28-13-19(32-3)11-21(28)24(30)26-12-17-7-9-18(10-8-17)23-16(2)27-14-33-23/h4-10,14,19,21,29H,11-13H2,1-3H3,(H,26,30)/t19-,21+/m1/s1. The van der Waals surface area contributed by atoms with Crippen LogP contribution in [0.1, 0.15) is 33.6 Å². The molecule has 172 valence electrons. The summed E-state index contributed by atoms with van der Waals surface area (Å²) < 4.78 is 5.46. The molecule has 1 aromatic heterocycles. The number of carbonyl (C=O) groups is 2. The van der Waals surface area contributed by atoms with E-state index in [2.05, 4.69) is 10.3 Å². The van der Waals surface area contributed by atoms with Gasteiger partial charge in [0.25, 0.3) is 5.91 Å². The summed E-state index contributed by atoms with van der Waals surface area (Å²) in [5.41, 5.74) is 5.79. The Morgan fingerprint density at radius 3 is 2.64 bits per heavy atom. The van der Waals surface area contributed by atoms with Gasteiger partial charge >= 0.3 is 0 Å². The first-order valence-electron chi connectivity index (χ1n) is 10.8. The lowest BCUT2D eigenvalue weighted by Crippen LogP contribution is -2.45. The van der Waals surface area contributed by atoms with Crippen LogP contribution < -0.4 is 5.32 Å². The van der Waals surface area contributed by atoms with Gasteiger partial charge in [-0.15, -0.1) is 11.3 Å². The second kappa shape index (κ2) is 9.72. The number of phenols is 1. The van der Waals surface area contributed by atoms with Crippen molar-refractivity contribution in [1.29, 1.82) is 0 Å². The maximum atomic E-state index is 13.2. The Hall–Kier alpha value is -3.23. The molecule has 2 amide bonds. The van der Waals surface area contributed by atoms with Crippen LogP contribution in [-0.2, 0) is 16.1 Å². The fourth-order valence-electron chi connectivity index (χ4n) is 4.11. The molecule has 0 bridgehead atoms. The van der Waals surface area contributed by atoms with Crippen molar-refractivity contribution in [3.05, 3.63) is 70.4 Å². The number of aromatic nitrogens is 1. The molecular weight excluding hydrogens is 438 g/mol. The van der Waals surface area contributed by atoms with E-state index in [9.17, 15) is 14.7 Å². The third-order valence-electron chi connectivity index (χ3n) is 6.12. The highest BCUT2D eigenvalue weighted by Crippen LogP contribution is 2.28. The van der Waals surface area contributed by atoms with Crippen molar-refractivity contribution in [3.63, 3.8) is 0 Å². The van der Waals surface area contributed by atoms with Crippen molar-refractivity contribution in [2.75, 3.05) is 13.7 Å². The summed E-state index contributed by atoms with van der Waals surface area (Å²) in [5, 5.41) is 13.0. The molecule has 2 atom stereocenters. The number of carbonyl (C=O) groups excluding carboxylic acids is 2. The molecule has 1 saturated heterocycles. The molecule has 2 heterocycles. The monoisotopic (exact) mass is 465 g/mol. The molecule has 3 aromatic rings. The minimum Gasteiger partial charge on any atom is -0.508 e. The summed E-state index contributed by atoms with van der Waals surface area (Å²) in [4.78, 5) is 33.3. The van der Waals surface area contributed by atoms with E-state index in [1.54, 1.807) is 48.5 Å². The van der Waals surface area contributed by atoms with Gasteiger partial charge in [0.15, 0.2) is 0 Å². The minimum absolute atomic E-state index is 0.0568. The van der Waals surface area contributed by atoms with Crippen LogP contribution in [0.15, 0.2) is 48.0 Å². The highest BCUT2D eigenvalue weighted by molar-refractivity contribution is 7.13. The van der Waals surface area contributed by atoms with Gasteiger partial charge in [0.1, 0.15) is 11.8 Å². The number of likely N-dealkylation sites (tertiary alicyclic amines) is 1. The van der Waals surface area contributed by atoms with E-state index in [0.29, 0.717) is 30.6 Å². The van der Waals surface area contributed by atoms with E-state index in [0.717, 1.165) is 21.7 Å². The summed E-state index contributed by atoms with van der Waals surface area (Å²) in [6, 6.07) is 12.2. The summed E-state index contributed by atoms with van der Waals surface area (Å²) in [6.45, 7) is 4.37. The SMILES string of the molecule is CO[C@@H]1C[C@@H](C(=O)NCc2ccc(-c3scnc3C)cc2)N(C(=O)c2cccc(O)c2C)C1. The van der Waals surface area contributed by atoms with Crippen molar-refractivity contribution >= 4 is 23.2 Å². The van der Waals surface area contributed by atoms with Crippen LogP contribution in [0.25, 0.3) is 10.4 Å². The average molecular weight is 466 g/mol. The number of hydrogen-bond donors (Lipinski definition) is 2.